The molecule has 160 valence electrons. The molecule has 7 nitrogen and oxygen atoms in total. The van der Waals surface area contributed by atoms with Crippen molar-refractivity contribution in [1.82, 2.24) is 10.2 Å². The molecule has 2 atom stereocenters. The number of amides is 3. The Hall–Kier alpha value is -3.19. The van der Waals surface area contributed by atoms with Crippen molar-refractivity contribution in [3.05, 3.63) is 64.7 Å². The van der Waals surface area contributed by atoms with Gasteiger partial charge in [-0.25, -0.2) is 0 Å². The molecule has 0 aliphatic carbocycles. The van der Waals surface area contributed by atoms with Gasteiger partial charge in [0.1, 0.15) is 6.04 Å². The lowest BCUT2D eigenvalue weighted by molar-refractivity contribution is -0.136. The Morgan fingerprint density at radius 2 is 1.87 bits per heavy atom. The molecule has 1 saturated heterocycles. The van der Waals surface area contributed by atoms with Crippen LogP contribution in [-0.2, 0) is 22.7 Å². The fourth-order valence-corrected chi connectivity index (χ4v) is 5.14. The van der Waals surface area contributed by atoms with E-state index < -0.39 is 6.04 Å². The molecule has 2 aromatic rings. The molecule has 7 heteroatoms. The number of anilines is 1. The van der Waals surface area contributed by atoms with E-state index in [9.17, 15) is 14.4 Å². The van der Waals surface area contributed by atoms with Gasteiger partial charge in [0.15, 0.2) is 0 Å². The summed E-state index contributed by atoms with van der Waals surface area (Å²) in [4.78, 5) is 41.2. The Morgan fingerprint density at radius 1 is 1.10 bits per heavy atom. The first-order valence-corrected chi connectivity index (χ1v) is 10.7. The van der Waals surface area contributed by atoms with Crippen LogP contribution in [0.5, 0.6) is 0 Å². The number of carbonyl (C=O) groups excluding carboxylic acids is 3. The zero-order valence-electron chi connectivity index (χ0n) is 17.7. The van der Waals surface area contributed by atoms with E-state index in [1.165, 1.54) is 0 Å². The average Bonchev–Trinajstić information content (AvgIpc) is 3.16. The molecule has 31 heavy (non-hydrogen) atoms. The van der Waals surface area contributed by atoms with E-state index in [0.29, 0.717) is 25.1 Å². The molecule has 5 rings (SSSR count). The number of hydrogen-bond donors (Lipinski definition) is 2. The highest BCUT2D eigenvalue weighted by Gasteiger charge is 2.44. The molecule has 3 aliphatic rings. The third kappa shape index (κ3) is 2.95. The number of imide groups is 1. The van der Waals surface area contributed by atoms with Gasteiger partial charge in [0.2, 0.25) is 11.8 Å². The molecule has 2 unspecified atom stereocenters. The molecule has 0 saturated carbocycles. The maximum atomic E-state index is 13.4. The Kier molecular flexibility index (Phi) is 4.41. The number of rotatable bonds is 3. The number of benzene rings is 2. The fraction of sp³-hybridized carbons (Fsp3) is 0.375. The number of piperidine rings is 1. The standard InChI is InChI=1S/C24H26N4O3/c1-24(2)21(25)16-8-3-4-9-17(16)28(24)13-15-7-5-6-14-12-27(23(31)20(14)15)18-10-11-19(29)26-22(18)30/h3-9,18,21H,10-13,25H2,1-2H3,(H,26,29,30). The van der Waals surface area contributed by atoms with Crippen molar-refractivity contribution in [2.24, 2.45) is 5.73 Å². The zero-order chi connectivity index (χ0) is 21.9. The van der Waals surface area contributed by atoms with Gasteiger partial charge < -0.3 is 15.5 Å². The predicted molar refractivity (Wildman–Crippen MR) is 116 cm³/mol. The Morgan fingerprint density at radius 3 is 2.65 bits per heavy atom. The minimum absolute atomic E-state index is 0.129. The molecule has 3 N–H and O–H groups in total. The van der Waals surface area contributed by atoms with Crippen LogP contribution in [0, 0.1) is 0 Å². The summed E-state index contributed by atoms with van der Waals surface area (Å²) in [6.07, 6.45) is 0.612. The minimum atomic E-state index is -0.608. The van der Waals surface area contributed by atoms with Crippen LogP contribution in [0.25, 0.3) is 0 Å². The highest BCUT2D eigenvalue weighted by atomic mass is 16.2. The molecule has 1 fully saturated rings. The maximum absolute atomic E-state index is 13.4. The summed E-state index contributed by atoms with van der Waals surface area (Å²) in [6, 6.07) is 13.3. The quantitative estimate of drug-likeness (QED) is 0.746. The van der Waals surface area contributed by atoms with Gasteiger partial charge >= 0.3 is 0 Å². The number of fused-ring (bicyclic) bond motifs is 2. The van der Waals surface area contributed by atoms with Crippen LogP contribution in [0.1, 0.15) is 59.8 Å². The van der Waals surface area contributed by atoms with Crippen molar-refractivity contribution in [2.75, 3.05) is 4.90 Å². The molecule has 0 spiro atoms. The summed E-state index contributed by atoms with van der Waals surface area (Å²) in [5.41, 5.74) is 11.0. The summed E-state index contributed by atoms with van der Waals surface area (Å²) in [7, 11) is 0. The molecular weight excluding hydrogens is 392 g/mol. The van der Waals surface area contributed by atoms with Crippen LogP contribution < -0.4 is 16.0 Å². The van der Waals surface area contributed by atoms with Gasteiger partial charge in [0.05, 0.1) is 11.6 Å². The number of nitrogens with one attached hydrogen (secondary N) is 1. The SMILES string of the molecule is CC1(C)C(N)c2ccccc2N1Cc1cccc2c1C(=O)N(C1CCC(=O)NC1=O)C2. The van der Waals surface area contributed by atoms with Crippen LogP contribution in [0.3, 0.4) is 0 Å². The second kappa shape index (κ2) is 6.92. The first kappa shape index (κ1) is 19.8. The summed E-state index contributed by atoms with van der Waals surface area (Å²) >= 11 is 0. The lowest BCUT2D eigenvalue weighted by atomic mass is 9.93. The lowest BCUT2D eigenvalue weighted by Crippen LogP contribution is -2.52. The van der Waals surface area contributed by atoms with Gasteiger partial charge in [0, 0.05) is 30.8 Å². The third-order valence-corrected chi connectivity index (χ3v) is 6.99. The van der Waals surface area contributed by atoms with E-state index in [1.54, 1.807) is 4.90 Å². The summed E-state index contributed by atoms with van der Waals surface area (Å²) < 4.78 is 0. The van der Waals surface area contributed by atoms with Gasteiger partial charge in [-0.3, -0.25) is 19.7 Å². The zero-order valence-corrected chi connectivity index (χ0v) is 17.7. The molecule has 0 bridgehead atoms. The van der Waals surface area contributed by atoms with E-state index in [0.717, 1.165) is 22.4 Å². The first-order chi connectivity index (χ1) is 14.8. The van der Waals surface area contributed by atoms with E-state index in [1.807, 2.05) is 30.3 Å². The largest absolute Gasteiger partial charge is 0.360 e. The van der Waals surface area contributed by atoms with Crippen molar-refractivity contribution >= 4 is 23.4 Å². The van der Waals surface area contributed by atoms with E-state index in [2.05, 4.69) is 36.2 Å². The normalized spacial score (nSPS) is 24.3. The molecular formula is C24H26N4O3. The maximum Gasteiger partial charge on any atom is 0.255 e. The highest BCUT2D eigenvalue weighted by molar-refractivity contribution is 6.06. The average molecular weight is 418 g/mol. The Bertz CT molecular complexity index is 1110. The van der Waals surface area contributed by atoms with E-state index in [4.69, 9.17) is 5.73 Å². The number of carbonyl (C=O) groups is 3. The topological polar surface area (TPSA) is 95.7 Å². The molecule has 0 aromatic heterocycles. The van der Waals surface area contributed by atoms with Gasteiger partial charge in [-0.05, 0) is 43.0 Å². The van der Waals surface area contributed by atoms with Crippen molar-refractivity contribution < 1.29 is 14.4 Å². The summed E-state index contributed by atoms with van der Waals surface area (Å²) in [5, 5.41) is 2.36. The van der Waals surface area contributed by atoms with Crippen LogP contribution in [-0.4, -0.2) is 34.2 Å². The van der Waals surface area contributed by atoms with Crippen LogP contribution in [0.2, 0.25) is 0 Å². The summed E-state index contributed by atoms with van der Waals surface area (Å²) in [6.45, 7) is 5.18. The third-order valence-electron chi connectivity index (χ3n) is 6.99. The molecule has 0 radical (unpaired) electrons. The predicted octanol–water partition coefficient (Wildman–Crippen LogP) is 2.25. The lowest BCUT2D eigenvalue weighted by Gasteiger charge is -2.37. The summed E-state index contributed by atoms with van der Waals surface area (Å²) in [5.74, 6) is -0.813. The van der Waals surface area contributed by atoms with Gasteiger partial charge in [-0.2, -0.15) is 0 Å². The second-order valence-electron chi connectivity index (χ2n) is 9.13. The minimum Gasteiger partial charge on any atom is -0.360 e. The molecule has 3 heterocycles. The fourth-order valence-electron chi connectivity index (χ4n) is 5.14. The van der Waals surface area contributed by atoms with Gasteiger partial charge in [0.25, 0.3) is 5.91 Å². The van der Waals surface area contributed by atoms with Crippen molar-refractivity contribution in [3.63, 3.8) is 0 Å². The number of para-hydroxylation sites is 1. The molecule has 3 aliphatic heterocycles. The number of nitrogens with two attached hydrogens (primary N) is 1. The molecule has 3 amide bonds. The van der Waals surface area contributed by atoms with Crippen molar-refractivity contribution in [3.8, 4) is 0 Å². The highest BCUT2D eigenvalue weighted by Crippen LogP contribution is 2.46. The van der Waals surface area contributed by atoms with Gasteiger partial charge in [-0.1, -0.05) is 36.4 Å². The van der Waals surface area contributed by atoms with E-state index >= 15 is 0 Å². The smallest absolute Gasteiger partial charge is 0.255 e. The van der Waals surface area contributed by atoms with Crippen molar-refractivity contribution in [1.29, 1.82) is 0 Å². The second-order valence-corrected chi connectivity index (χ2v) is 9.13. The van der Waals surface area contributed by atoms with Crippen LogP contribution in [0.15, 0.2) is 42.5 Å². The number of nitrogens with zero attached hydrogens (tertiary/aromatic N) is 2. The Balaban J connectivity index is 1.47. The Labute approximate surface area is 181 Å². The van der Waals surface area contributed by atoms with Crippen LogP contribution >= 0.6 is 0 Å². The van der Waals surface area contributed by atoms with Crippen molar-refractivity contribution in [2.45, 2.75) is 57.4 Å². The first-order valence-electron chi connectivity index (χ1n) is 10.7. The van der Waals surface area contributed by atoms with Gasteiger partial charge in [-0.15, -0.1) is 0 Å². The molecule has 2 aromatic carbocycles. The van der Waals surface area contributed by atoms with Crippen LogP contribution in [0.4, 0.5) is 5.69 Å². The monoisotopic (exact) mass is 418 g/mol. The number of hydrogen-bond acceptors (Lipinski definition) is 5. The van der Waals surface area contributed by atoms with E-state index in [-0.39, 0.29) is 35.7 Å².